The summed E-state index contributed by atoms with van der Waals surface area (Å²) < 4.78 is 27.1. The maximum atomic E-state index is 13.6. The fourth-order valence-electron chi connectivity index (χ4n) is 1.86. The van der Waals surface area contributed by atoms with Crippen LogP contribution in [0.15, 0.2) is 24.3 Å². The third-order valence-electron chi connectivity index (χ3n) is 2.73. The quantitative estimate of drug-likeness (QED) is 0.391. The molecule has 6 heteroatoms. The van der Waals surface area contributed by atoms with E-state index in [2.05, 4.69) is 0 Å². The minimum Gasteiger partial charge on any atom is -0.357 e. The van der Waals surface area contributed by atoms with Crippen molar-refractivity contribution in [2.45, 2.75) is 11.7 Å². The zero-order chi connectivity index (χ0) is 13.6. The molecule has 0 unspecified atom stereocenters. The molecule has 2 N–H and O–H groups in total. The van der Waals surface area contributed by atoms with Crippen LogP contribution in [-0.2, 0) is 9.59 Å². The van der Waals surface area contributed by atoms with E-state index in [0.29, 0.717) is 6.08 Å². The first-order valence-corrected chi connectivity index (χ1v) is 4.96. The maximum Gasteiger partial charge on any atom is 0.324 e. The van der Waals surface area contributed by atoms with Crippen molar-refractivity contribution in [3.63, 3.8) is 0 Å². The van der Waals surface area contributed by atoms with Crippen molar-refractivity contribution in [1.82, 2.24) is 0 Å². The molecule has 0 spiro atoms. The summed E-state index contributed by atoms with van der Waals surface area (Å²) in [4.78, 5) is 21.8. The highest BCUT2D eigenvalue weighted by molar-refractivity contribution is 6.44. The third kappa shape index (κ3) is 1.58. The zero-order valence-electron chi connectivity index (χ0n) is 8.93. The van der Waals surface area contributed by atoms with Gasteiger partial charge in [0.1, 0.15) is 0 Å². The Hall–Kier alpha value is -1.92. The smallest absolute Gasteiger partial charge is 0.324 e. The average Bonchev–Trinajstić information content (AvgIpc) is 2.29. The zero-order valence-corrected chi connectivity index (χ0v) is 8.93. The van der Waals surface area contributed by atoms with Crippen molar-refractivity contribution >= 4 is 23.7 Å². The highest BCUT2D eigenvalue weighted by Gasteiger charge is 2.56. The minimum atomic E-state index is -4.06. The Labute approximate surface area is 99.5 Å². The predicted octanol–water partition coefficient (Wildman–Crippen LogP) is -1.28. The molecule has 0 saturated carbocycles. The number of carbonyl (C=O) groups is 2. The molecular formula is C12H8F2O4. The van der Waals surface area contributed by atoms with E-state index in [1.807, 2.05) is 0 Å². The third-order valence-corrected chi connectivity index (χ3v) is 2.73. The number of hydrogen-bond donors (Lipinski definition) is 2. The SMILES string of the molecule is O=CC(=O)C1=c2ccccc2=CC(F)(F)C1(O)O. The van der Waals surface area contributed by atoms with Gasteiger partial charge >= 0.3 is 5.92 Å². The maximum absolute atomic E-state index is 13.6. The topological polar surface area (TPSA) is 74.6 Å². The van der Waals surface area contributed by atoms with Crippen molar-refractivity contribution in [2.24, 2.45) is 0 Å². The molecule has 0 atom stereocenters. The number of alkyl halides is 2. The Bertz CT molecular complexity index is 646. The molecule has 1 aromatic rings. The van der Waals surface area contributed by atoms with Gasteiger partial charge in [-0.1, -0.05) is 24.3 Å². The summed E-state index contributed by atoms with van der Waals surface area (Å²) in [5, 5.41) is 18.8. The molecule has 0 bridgehead atoms. The van der Waals surface area contributed by atoms with Gasteiger partial charge in [-0.3, -0.25) is 9.59 Å². The first-order chi connectivity index (χ1) is 8.31. The Kier molecular flexibility index (Phi) is 2.64. The molecule has 2 rings (SSSR count). The van der Waals surface area contributed by atoms with Crippen LogP contribution in [-0.4, -0.2) is 34.0 Å². The van der Waals surface area contributed by atoms with E-state index in [1.165, 1.54) is 24.3 Å². The van der Waals surface area contributed by atoms with Gasteiger partial charge in [0.2, 0.25) is 5.78 Å². The molecule has 1 aromatic carbocycles. The summed E-state index contributed by atoms with van der Waals surface area (Å²) in [6, 6.07) is 5.44. The van der Waals surface area contributed by atoms with Gasteiger partial charge in [0.25, 0.3) is 5.79 Å². The second-order valence-electron chi connectivity index (χ2n) is 3.88. The Morgan fingerprint density at radius 1 is 1.22 bits per heavy atom. The van der Waals surface area contributed by atoms with E-state index in [-0.39, 0.29) is 16.7 Å². The molecule has 0 radical (unpaired) electrons. The van der Waals surface area contributed by atoms with Crippen LogP contribution in [0.2, 0.25) is 0 Å². The van der Waals surface area contributed by atoms with Gasteiger partial charge in [-0.15, -0.1) is 0 Å². The predicted molar refractivity (Wildman–Crippen MR) is 56.8 cm³/mol. The molecule has 0 amide bonds. The second kappa shape index (κ2) is 3.79. The fourth-order valence-corrected chi connectivity index (χ4v) is 1.86. The number of Topliss-reactive ketones (excluding diaryl/α,β-unsaturated/α-hetero) is 1. The summed E-state index contributed by atoms with van der Waals surface area (Å²) in [5.41, 5.74) is -1.01. The van der Waals surface area contributed by atoms with Gasteiger partial charge in [-0.05, 0) is 16.5 Å². The largest absolute Gasteiger partial charge is 0.357 e. The van der Waals surface area contributed by atoms with Gasteiger partial charge in [-0.25, -0.2) is 0 Å². The van der Waals surface area contributed by atoms with Crippen LogP contribution in [0.3, 0.4) is 0 Å². The summed E-state index contributed by atoms with van der Waals surface area (Å²) >= 11 is 0. The summed E-state index contributed by atoms with van der Waals surface area (Å²) in [7, 11) is 0. The van der Waals surface area contributed by atoms with E-state index in [1.54, 1.807) is 0 Å². The fraction of sp³-hybridized carbons (Fsp3) is 0.167. The standard InChI is InChI=1S/C12H8F2O4/c13-11(14)5-7-3-1-2-4-8(7)10(9(16)6-15)12(11,17)18/h1-6,17-18H. The van der Waals surface area contributed by atoms with Crippen LogP contribution >= 0.6 is 0 Å². The van der Waals surface area contributed by atoms with Crippen molar-refractivity contribution in [3.8, 4) is 0 Å². The lowest BCUT2D eigenvalue weighted by atomic mass is 9.88. The van der Waals surface area contributed by atoms with Crippen molar-refractivity contribution in [3.05, 3.63) is 34.7 Å². The monoisotopic (exact) mass is 254 g/mol. The van der Waals surface area contributed by atoms with Gasteiger partial charge in [0.15, 0.2) is 6.29 Å². The van der Waals surface area contributed by atoms with E-state index in [0.717, 1.165) is 0 Å². The molecular weight excluding hydrogens is 246 g/mol. The molecule has 1 aliphatic rings. The minimum absolute atomic E-state index is 0.0357. The number of ketones is 1. The lowest BCUT2D eigenvalue weighted by Gasteiger charge is -2.32. The van der Waals surface area contributed by atoms with Crippen LogP contribution in [0.25, 0.3) is 11.6 Å². The first kappa shape index (κ1) is 12.5. The van der Waals surface area contributed by atoms with Crippen molar-refractivity contribution in [1.29, 1.82) is 0 Å². The number of rotatable bonds is 2. The van der Waals surface area contributed by atoms with Crippen LogP contribution < -0.4 is 10.4 Å². The van der Waals surface area contributed by atoms with E-state index in [9.17, 15) is 28.6 Å². The molecule has 0 fully saturated rings. The number of carbonyl (C=O) groups excluding carboxylic acids is 2. The summed E-state index contributed by atoms with van der Waals surface area (Å²) in [6.45, 7) is 0. The number of aliphatic hydroxyl groups is 2. The van der Waals surface area contributed by atoms with Gasteiger partial charge in [0, 0.05) is 0 Å². The number of halogens is 2. The molecule has 1 aliphatic carbocycles. The number of aldehydes is 1. The van der Waals surface area contributed by atoms with E-state index in [4.69, 9.17) is 0 Å². The van der Waals surface area contributed by atoms with Crippen LogP contribution in [0, 0.1) is 0 Å². The molecule has 4 nitrogen and oxygen atoms in total. The lowest BCUT2D eigenvalue weighted by molar-refractivity contribution is -0.229. The normalized spacial score (nSPS) is 19.7. The van der Waals surface area contributed by atoms with Crippen molar-refractivity contribution in [2.75, 3.05) is 0 Å². The average molecular weight is 254 g/mol. The van der Waals surface area contributed by atoms with Crippen LogP contribution in [0.5, 0.6) is 0 Å². The molecule has 18 heavy (non-hydrogen) atoms. The van der Waals surface area contributed by atoms with Crippen LogP contribution in [0.1, 0.15) is 0 Å². The molecule has 94 valence electrons. The molecule has 0 aliphatic heterocycles. The Balaban J connectivity index is 2.98. The highest BCUT2D eigenvalue weighted by atomic mass is 19.3. The van der Waals surface area contributed by atoms with Gasteiger partial charge in [-0.2, -0.15) is 8.78 Å². The Morgan fingerprint density at radius 2 is 1.83 bits per heavy atom. The first-order valence-electron chi connectivity index (χ1n) is 4.96. The second-order valence-corrected chi connectivity index (χ2v) is 3.88. The summed E-state index contributed by atoms with van der Waals surface area (Å²) in [6.07, 6.45) is 0.124. The molecule has 0 saturated heterocycles. The van der Waals surface area contributed by atoms with Gasteiger partial charge < -0.3 is 10.2 Å². The van der Waals surface area contributed by atoms with E-state index >= 15 is 0 Å². The van der Waals surface area contributed by atoms with Gasteiger partial charge in [0.05, 0.1) is 5.57 Å². The number of fused-ring (bicyclic) bond motifs is 1. The number of hydrogen-bond acceptors (Lipinski definition) is 4. The van der Waals surface area contributed by atoms with Crippen LogP contribution in [0.4, 0.5) is 8.78 Å². The van der Waals surface area contributed by atoms with E-state index < -0.39 is 23.1 Å². The summed E-state index contributed by atoms with van der Waals surface area (Å²) in [5.74, 6) is -9.14. The van der Waals surface area contributed by atoms with Crippen molar-refractivity contribution < 1.29 is 28.6 Å². The molecule has 0 aromatic heterocycles. The highest BCUT2D eigenvalue weighted by Crippen LogP contribution is 2.35. The lowest BCUT2D eigenvalue weighted by Crippen LogP contribution is -2.57. The molecule has 0 heterocycles. The Morgan fingerprint density at radius 3 is 2.44 bits per heavy atom. The number of benzene rings is 1.